The van der Waals surface area contributed by atoms with Crippen LogP contribution in [0.5, 0.6) is 0 Å². The Morgan fingerprint density at radius 3 is 2.52 bits per heavy atom. The molecule has 0 saturated heterocycles. The number of carbonyl (C=O) groups is 1. The maximum absolute atomic E-state index is 11.4. The van der Waals surface area contributed by atoms with E-state index in [1.165, 1.54) is 0 Å². The van der Waals surface area contributed by atoms with Crippen molar-refractivity contribution in [2.75, 3.05) is 0 Å². The molecule has 4 nitrogen and oxygen atoms in total. The topological polar surface area (TPSA) is 74.0 Å². The second kappa shape index (κ2) is 6.12. The minimum Gasteiger partial charge on any atom is -0.478 e. The van der Waals surface area contributed by atoms with Crippen LogP contribution in [0, 0.1) is 11.3 Å². The Morgan fingerprint density at radius 2 is 1.83 bits per heavy atom. The summed E-state index contributed by atoms with van der Waals surface area (Å²) in [6, 6.07) is 17.9. The van der Waals surface area contributed by atoms with Gasteiger partial charge in [-0.05, 0) is 35.9 Å². The molecular weight excluding hydrogens is 288 g/mol. The molecular formula is C19H12N2O2. The first kappa shape index (κ1) is 14.5. The van der Waals surface area contributed by atoms with E-state index < -0.39 is 5.97 Å². The third-order valence-electron chi connectivity index (χ3n) is 3.45. The molecule has 0 spiro atoms. The minimum absolute atomic E-state index is 0.232. The molecule has 1 heterocycles. The van der Waals surface area contributed by atoms with E-state index in [-0.39, 0.29) is 5.56 Å². The highest BCUT2D eigenvalue weighted by molar-refractivity contribution is 6.03. The van der Waals surface area contributed by atoms with E-state index in [1.807, 2.05) is 24.3 Å². The van der Waals surface area contributed by atoms with Gasteiger partial charge < -0.3 is 5.11 Å². The summed E-state index contributed by atoms with van der Waals surface area (Å²) in [5, 5.41) is 18.8. The molecule has 0 bridgehead atoms. The van der Waals surface area contributed by atoms with Crippen molar-refractivity contribution in [2.24, 2.45) is 0 Å². The van der Waals surface area contributed by atoms with Gasteiger partial charge in [0.05, 0.1) is 28.4 Å². The number of aromatic nitrogens is 1. The summed E-state index contributed by atoms with van der Waals surface area (Å²) < 4.78 is 0. The highest BCUT2D eigenvalue weighted by atomic mass is 16.4. The fraction of sp³-hybridized carbons (Fsp3) is 0. The smallest absolute Gasteiger partial charge is 0.336 e. The van der Waals surface area contributed by atoms with Gasteiger partial charge in [-0.25, -0.2) is 9.78 Å². The van der Waals surface area contributed by atoms with Crippen molar-refractivity contribution in [3.63, 3.8) is 0 Å². The molecule has 110 valence electrons. The van der Waals surface area contributed by atoms with Crippen molar-refractivity contribution >= 4 is 29.0 Å². The maximum atomic E-state index is 11.4. The molecule has 4 heteroatoms. The first-order chi connectivity index (χ1) is 11.2. The monoisotopic (exact) mass is 300 g/mol. The van der Waals surface area contributed by atoms with Crippen molar-refractivity contribution in [1.82, 2.24) is 4.98 Å². The van der Waals surface area contributed by atoms with E-state index in [2.05, 4.69) is 11.1 Å². The fourth-order valence-corrected chi connectivity index (χ4v) is 2.31. The number of nitrogens with zero attached hydrogens (tertiary/aromatic N) is 2. The molecule has 0 saturated carbocycles. The van der Waals surface area contributed by atoms with Gasteiger partial charge in [0.25, 0.3) is 0 Å². The van der Waals surface area contributed by atoms with Gasteiger partial charge in [0.1, 0.15) is 0 Å². The van der Waals surface area contributed by atoms with Gasteiger partial charge in [0, 0.05) is 5.39 Å². The number of rotatable bonds is 3. The summed E-state index contributed by atoms with van der Waals surface area (Å²) in [6.45, 7) is 0. The van der Waals surface area contributed by atoms with Crippen molar-refractivity contribution in [3.8, 4) is 6.07 Å². The average molecular weight is 300 g/mol. The molecule has 0 unspecified atom stereocenters. The van der Waals surface area contributed by atoms with E-state index >= 15 is 0 Å². The van der Waals surface area contributed by atoms with E-state index in [1.54, 1.807) is 42.5 Å². The summed E-state index contributed by atoms with van der Waals surface area (Å²) in [7, 11) is 0. The molecule has 3 aromatic rings. The highest BCUT2D eigenvalue weighted by Crippen LogP contribution is 2.19. The predicted octanol–water partition coefficient (Wildman–Crippen LogP) is 3.98. The molecule has 23 heavy (non-hydrogen) atoms. The molecule has 2 aromatic carbocycles. The predicted molar refractivity (Wildman–Crippen MR) is 88.8 cm³/mol. The van der Waals surface area contributed by atoms with Gasteiger partial charge in [-0.15, -0.1) is 0 Å². The molecule has 0 atom stereocenters. The van der Waals surface area contributed by atoms with Crippen LogP contribution in [0.15, 0.2) is 54.6 Å². The molecule has 1 aromatic heterocycles. The zero-order valence-electron chi connectivity index (χ0n) is 12.1. The van der Waals surface area contributed by atoms with E-state index in [4.69, 9.17) is 5.26 Å². The Bertz CT molecular complexity index is 951. The lowest BCUT2D eigenvalue weighted by Gasteiger charge is -2.04. The third-order valence-corrected chi connectivity index (χ3v) is 3.45. The quantitative estimate of drug-likeness (QED) is 0.794. The molecule has 1 N–H and O–H groups in total. The van der Waals surface area contributed by atoms with E-state index in [9.17, 15) is 9.90 Å². The van der Waals surface area contributed by atoms with Crippen molar-refractivity contribution in [3.05, 3.63) is 77.0 Å². The van der Waals surface area contributed by atoms with Crippen LogP contribution in [-0.4, -0.2) is 16.1 Å². The molecule has 0 amide bonds. The van der Waals surface area contributed by atoms with Crippen molar-refractivity contribution in [1.29, 1.82) is 5.26 Å². The molecule has 0 aliphatic heterocycles. The van der Waals surface area contributed by atoms with E-state index in [0.29, 0.717) is 22.2 Å². The van der Waals surface area contributed by atoms with Gasteiger partial charge in [-0.2, -0.15) is 5.26 Å². The fourth-order valence-electron chi connectivity index (χ4n) is 2.31. The lowest BCUT2D eigenvalue weighted by atomic mass is 10.1. The van der Waals surface area contributed by atoms with Crippen LogP contribution in [0.3, 0.4) is 0 Å². The second-order valence-corrected chi connectivity index (χ2v) is 4.98. The van der Waals surface area contributed by atoms with Crippen LogP contribution >= 0.6 is 0 Å². The summed E-state index contributed by atoms with van der Waals surface area (Å²) in [4.78, 5) is 15.9. The highest BCUT2D eigenvalue weighted by Gasteiger charge is 2.10. The number of pyridine rings is 1. The molecule has 0 radical (unpaired) electrons. The largest absolute Gasteiger partial charge is 0.478 e. The number of carboxylic acid groups (broad SMARTS) is 1. The number of hydrogen-bond acceptors (Lipinski definition) is 3. The van der Waals surface area contributed by atoms with Crippen LogP contribution in [0.4, 0.5) is 0 Å². The Labute approximate surface area is 133 Å². The zero-order chi connectivity index (χ0) is 16.2. The van der Waals surface area contributed by atoms with Crippen LogP contribution in [0.25, 0.3) is 23.1 Å². The van der Waals surface area contributed by atoms with Crippen LogP contribution in [0.1, 0.15) is 27.2 Å². The first-order valence-electron chi connectivity index (χ1n) is 6.99. The average Bonchev–Trinajstić information content (AvgIpc) is 2.59. The number of hydrogen-bond donors (Lipinski definition) is 1. The van der Waals surface area contributed by atoms with E-state index in [0.717, 1.165) is 5.56 Å². The van der Waals surface area contributed by atoms with Crippen LogP contribution in [-0.2, 0) is 0 Å². The lowest BCUT2D eigenvalue weighted by Crippen LogP contribution is -2.00. The number of para-hydroxylation sites is 1. The van der Waals surface area contributed by atoms with Gasteiger partial charge in [-0.3, -0.25) is 0 Å². The van der Waals surface area contributed by atoms with Gasteiger partial charge in [0.2, 0.25) is 0 Å². The Kier molecular flexibility index (Phi) is 3.86. The third kappa shape index (κ3) is 3.09. The standard InChI is InChI=1S/C19H12N2O2/c20-12-14-7-5-13(6-8-14)9-10-15-11-17(19(22)23)16-3-1-2-4-18(16)21-15/h1-11H,(H,22,23). The Hall–Kier alpha value is -3.45. The number of fused-ring (bicyclic) bond motifs is 1. The number of nitriles is 1. The summed E-state index contributed by atoms with van der Waals surface area (Å²) in [5.41, 5.74) is 2.96. The SMILES string of the molecule is N#Cc1ccc(C=Cc2cc(C(=O)O)c3ccccc3n2)cc1. The van der Waals surface area contributed by atoms with Crippen LogP contribution in [0.2, 0.25) is 0 Å². The van der Waals surface area contributed by atoms with Gasteiger partial charge in [0.15, 0.2) is 0 Å². The number of benzene rings is 2. The van der Waals surface area contributed by atoms with Gasteiger partial charge in [-0.1, -0.05) is 36.4 Å². The molecule has 3 rings (SSSR count). The second-order valence-electron chi connectivity index (χ2n) is 4.98. The minimum atomic E-state index is -0.975. The summed E-state index contributed by atoms with van der Waals surface area (Å²) in [6.07, 6.45) is 3.60. The maximum Gasteiger partial charge on any atom is 0.336 e. The molecule has 0 aliphatic rings. The lowest BCUT2D eigenvalue weighted by molar-refractivity contribution is 0.0699. The Morgan fingerprint density at radius 1 is 1.09 bits per heavy atom. The number of carboxylic acids is 1. The first-order valence-corrected chi connectivity index (χ1v) is 6.99. The summed E-state index contributed by atoms with van der Waals surface area (Å²) >= 11 is 0. The molecule has 0 fully saturated rings. The van der Waals surface area contributed by atoms with Crippen molar-refractivity contribution in [2.45, 2.75) is 0 Å². The summed E-state index contributed by atoms with van der Waals surface area (Å²) in [5.74, 6) is -0.975. The van der Waals surface area contributed by atoms with Crippen LogP contribution < -0.4 is 0 Å². The van der Waals surface area contributed by atoms with Gasteiger partial charge >= 0.3 is 5.97 Å². The van der Waals surface area contributed by atoms with Crippen molar-refractivity contribution < 1.29 is 9.90 Å². The zero-order valence-corrected chi connectivity index (χ0v) is 12.1. The number of aromatic carboxylic acids is 1. The molecule has 0 aliphatic carbocycles. The normalized spacial score (nSPS) is 10.7. The Balaban J connectivity index is 2.01.